The van der Waals surface area contributed by atoms with Gasteiger partial charge in [-0.1, -0.05) is 11.6 Å². The molecule has 174 valence electrons. The van der Waals surface area contributed by atoms with E-state index in [2.05, 4.69) is 29.8 Å². The molecule has 1 fully saturated rings. The Labute approximate surface area is 193 Å². The van der Waals surface area contributed by atoms with Crippen LogP contribution in [0, 0.1) is 13.8 Å². The predicted molar refractivity (Wildman–Crippen MR) is 127 cm³/mol. The number of piperidine rings is 1. The second-order valence-corrected chi connectivity index (χ2v) is 9.76. The Morgan fingerprint density at radius 1 is 1.21 bits per heavy atom. The molecule has 0 spiro atoms. The molecule has 1 atom stereocenters. The number of aromatic amines is 1. The average molecular weight is 449 g/mol. The normalized spacial score (nSPS) is 19.3. The van der Waals surface area contributed by atoms with E-state index < -0.39 is 0 Å². The number of carbonyl (C=O) groups excluding carboxylic acids is 1. The number of aromatic nitrogens is 2. The monoisotopic (exact) mass is 448 g/mol. The van der Waals surface area contributed by atoms with Crippen molar-refractivity contribution in [3.63, 3.8) is 0 Å². The van der Waals surface area contributed by atoms with Gasteiger partial charge in [-0.25, -0.2) is 4.98 Å². The number of nitrogens with one attached hydrogen (secondary N) is 1. The second-order valence-electron chi connectivity index (χ2n) is 9.76. The van der Waals surface area contributed by atoms with Gasteiger partial charge in [0.1, 0.15) is 11.4 Å². The molecule has 0 bridgehead atoms. The summed E-state index contributed by atoms with van der Waals surface area (Å²) >= 11 is 0. The van der Waals surface area contributed by atoms with Crippen molar-refractivity contribution in [3.8, 4) is 0 Å². The smallest absolute Gasteiger partial charge is 0.290 e. The minimum atomic E-state index is -0.256. The van der Waals surface area contributed by atoms with Crippen LogP contribution in [0.15, 0.2) is 27.4 Å². The van der Waals surface area contributed by atoms with Crippen LogP contribution in [-0.4, -0.2) is 44.8 Å². The summed E-state index contributed by atoms with van der Waals surface area (Å²) in [7, 11) is 0. The first-order chi connectivity index (χ1) is 15.8. The number of furan rings is 1. The third-order valence-electron chi connectivity index (χ3n) is 7.22. The van der Waals surface area contributed by atoms with Gasteiger partial charge in [0.05, 0.1) is 11.7 Å². The van der Waals surface area contributed by atoms with Crippen LogP contribution in [-0.2, 0) is 13.0 Å². The average Bonchev–Trinajstić information content (AvgIpc) is 3.13. The van der Waals surface area contributed by atoms with Crippen LogP contribution in [0.5, 0.6) is 0 Å². The molecule has 33 heavy (non-hydrogen) atoms. The zero-order valence-electron chi connectivity index (χ0n) is 19.9. The molecular weight excluding hydrogens is 416 g/mol. The number of aryl methyl sites for hydroxylation is 2. The van der Waals surface area contributed by atoms with E-state index in [9.17, 15) is 9.59 Å². The number of benzene rings is 1. The standard InChI is InChI=1S/C26H32N4O3/c1-15(2)29-12-10-18-20(14-29)27-24(28-25(18)31)21-7-5-6-11-30(21)26(32)23-17(4)19-13-16(3)8-9-22(19)33-23/h8-9,13,15,21H,5-7,10-12,14H2,1-4H3,(H,27,28,31)/t21-/m0/s1. The summed E-state index contributed by atoms with van der Waals surface area (Å²) < 4.78 is 6.02. The van der Waals surface area contributed by atoms with Crippen molar-refractivity contribution >= 4 is 16.9 Å². The van der Waals surface area contributed by atoms with E-state index in [-0.39, 0.29) is 17.5 Å². The van der Waals surface area contributed by atoms with Crippen LogP contribution < -0.4 is 5.56 Å². The molecule has 2 aliphatic rings. The molecular formula is C26H32N4O3. The summed E-state index contributed by atoms with van der Waals surface area (Å²) in [6.07, 6.45) is 3.41. The quantitative estimate of drug-likeness (QED) is 0.647. The fourth-order valence-corrected chi connectivity index (χ4v) is 5.21. The molecule has 3 aromatic rings. The van der Waals surface area contributed by atoms with Gasteiger partial charge >= 0.3 is 0 Å². The van der Waals surface area contributed by atoms with Crippen molar-refractivity contribution in [1.82, 2.24) is 19.8 Å². The first-order valence-corrected chi connectivity index (χ1v) is 12.0. The van der Waals surface area contributed by atoms with E-state index in [4.69, 9.17) is 9.40 Å². The van der Waals surface area contributed by atoms with E-state index >= 15 is 0 Å². The highest BCUT2D eigenvalue weighted by Crippen LogP contribution is 2.34. The molecule has 1 amide bonds. The molecule has 4 heterocycles. The van der Waals surface area contributed by atoms with Crippen LogP contribution in [0.1, 0.15) is 77.9 Å². The fourth-order valence-electron chi connectivity index (χ4n) is 5.21. The highest BCUT2D eigenvalue weighted by atomic mass is 16.3. The Kier molecular flexibility index (Phi) is 5.60. The molecule has 0 aliphatic carbocycles. The third-order valence-corrected chi connectivity index (χ3v) is 7.22. The summed E-state index contributed by atoms with van der Waals surface area (Å²) in [4.78, 5) is 38.7. The highest BCUT2D eigenvalue weighted by Gasteiger charge is 2.34. The Bertz CT molecular complexity index is 1270. The maximum atomic E-state index is 13.7. The first kappa shape index (κ1) is 21.9. The van der Waals surface area contributed by atoms with Crippen LogP contribution >= 0.6 is 0 Å². The molecule has 1 saturated heterocycles. The zero-order valence-corrected chi connectivity index (χ0v) is 19.9. The molecule has 2 aliphatic heterocycles. The number of hydrogen-bond donors (Lipinski definition) is 1. The second kappa shape index (κ2) is 8.45. The third kappa shape index (κ3) is 3.88. The summed E-state index contributed by atoms with van der Waals surface area (Å²) in [5.74, 6) is 0.853. The van der Waals surface area contributed by atoms with Crippen LogP contribution in [0.25, 0.3) is 11.0 Å². The van der Waals surface area contributed by atoms with Gasteiger partial charge in [0.25, 0.3) is 11.5 Å². The van der Waals surface area contributed by atoms with Gasteiger partial charge < -0.3 is 14.3 Å². The number of H-pyrrole nitrogens is 1. The molecule has 0 unspecified atom stereocenters. The fraction of sp³-hybridized carbons (Fsp3) is 0.500. The minimum Gasteiger partial charge on any atom is -0.451 e. The first-order valence-electron chi connectivity index (χ1n) is 12.0. The molecule has 1 N–H and O–H groups in total. The Morgan fingerprint density at radius 2 is 2.03 bits per heavy atom. The maximum Gasteiger partial charge on any atom is 0.290 e. The van der Waals surface area contributed by atoms with Gasteiger partial charge in [-0.3, -0.25) is 14.5 Å². The molecule has 7 heteroatoms. The largest absolute Gasteiger partial charge is 0.451 e. The number of likely N-dealkylation sites (tertiary alicyclic amines) is 1. The maximum absolute atomic E-state index is 13.7. The van der Waals surface area contributed by atoms with E-state index in [0.717, 1.165) is 59.2 Å². The van der Waals surface area contributed by atoms with Crippen LogP contribution in [0.3, 0.4) is 0 Å². The SMILES string of the molecule is Cc1ccc2oc(C(=O)N3CCCC[C@H]3c3nc4c(c(=O)[nH]3)CCN(C(C)C)C4)c(C)c2c1. The van der Waals surface area contributed by atoms with Gasteiger partial charge in [0.15, 0.2) is 5.76 Å². The summed E-state index contributed by atoms with van der Waals surface area (Å²) in [6, 6.07) is 6.11. The van der Waals surface area contributed by atoms with Crippen molar-refractivity contribution in [2.24, 2.45) is 0 Å². The molecule has 1 aromatic carbocycles. The zero-order chi connectivity index (χ0) is 23.3. The summed E-state index contributed by atoms with van der Waals surface area (Å²) in [6.45, 7) is 10.5. The van der Waals surface area contributed by atoms with E-state index in [0.29, 0.717) is 37.1 Å². The Morgan fingerprint density at radius 3 is 2.82 bits per heavy atom. The Hall–Kier alpha value is -2.93. The summed E-state index contributed by atoms with van der Waals surface area (Å²) in [5, 5.41) is 0.973. The number of rotatable bonds is 3. The van der Waals surface area contributed by atoms with Crippen molar-refractivity contribution < 1.29 is 9.21 Å². The molecule has 2 aromatic heterocycles. The van der Waals surface area contributed by atoms with E-state index in [1.165, 1.54) is 0 Å². The van der Waals surface area contributed by atoms with Gasteiger partial charge in [0.2, 0.25) is 0 Å². The molecule has 0 saturated carbocycles. The van der Waals surface area contributed by atoms with Gasteiger partial charge in [0, 0.05) is 42.2 Å². The molecule has 5 rings (SSSR count). The lowest BCUT2D eigenvalue weighted by atomic mass is 9.99. The molecule has 0 radical (unpaired) electrons. The van der Waals surface area contributed by atoms with Gasteiger partial charge in [-0.05, 0) is 65.5 Å². The van der Waals surface area contributed by atoms with Crippen molar-refractivity contribution in [2.75, 3.05) is 13.1 Å². The van der Waals surface area contributed by atoms with E-state index in [1.54, 1.807) is 0 Å². The van der Waals surface area contributed by atoms with Gasteiger partial charge in [-0.15, -0.1) is 0 Å². The number of hydrogen-bond acceptors (Lipinski definition) is 5. The topological polar surface area (TPSA) is 82.4 Å². The molecule has 7 nitrogen and oxygen atoms in total. The lowest BCUT2D eigenvalue weighted by Crippen LogP contribution is -2.42. The Balaban J connectivity index is 1.51. The van der Waals surface area contributed by atoms with Crippen molar-refractivity contribution in [2.45, 2.75) is 72.0 Å². The number of carbonyl (C=O) groups is 1. The highest BCUT2D eigenvalue weighted by molar-refractivity contribution is 5.99. The van der Waals surface area contributed by atoms with Crippen molar-refractivity contribution in [1.29, 1.82) is 0 Å². The van der Waals surface area contributed by atoms with Crippen LogP contribution in [0.2, 0.25) is 0 Å². The predicted octanol–water partition coefficient (Wildman–Crippen LogP) is 4.27. The summed E-state index contributed by atoms with van der Waals surface area (Å²) in [5.41, 5.74) is 4.29. The minimum absolute atomic E-state index is 0.0632. The van der Waals surface area contributed by atoms with Gasteiger partial charge in [-0.2, -0.15) is 0 Å². The lowest BCUT2D eigenvalue weighted by molar-refractivity contribution is 0.0567. The lowest BCUT2D eigenvalue weighted by Gasteiger charge is -2.36. The van der Waals surface area contributed by atoms with Crippen molar-refractivity contribution in [3.05, 3.63) is 62.5 Å². The number of fused-ring (bicyclic) bond motifs is 2. The number of nitrogens with zero attached hydrogens (tertiary/aromatic N) is 3. The van der Waals surface area contributed by atoms with Crippen LogP contribution in [0.4, 0.5) is 0 Å². The van der Waals surface area contributed by atoms with E-state index in [1.807, 2.05) is 30.9 Å². The number of amides is 1.